The summed E-state index contributed by atoms with van der Waals surface area (Å²) in [7, 11) is 2.21. The molecule has 1 saturated carbocycles. The molecule has 0 radical (unpaired) electrons. The summed E-state index contributed by atoms with van der Waals surface area (Å²) in [4.78, 5) is 3.83. The lowest BCUT2D eigenvalue weighted by Gasteiger charge is -2.31. The van der Waals surface area contributed by atoms with Gasteiger partial charge >= 0.3 is 0 Å². The van der Waals surface area contributed by atoms with E-state index in [0.717, 1.165) is 12.3 Å². The van der Waals surface area contributed by atoms with Gasteiger partial charge in [-0.2, -0.15) is 0 Å². The van der Waals surface area contributed by atoms with Crippen molar-refractivity contribution in [3.8, 4) is 0 Å². The Morgan fingerprint density at radius 1 is 1.53 bits per heavy atom. The molecule has 1 aliphatic rings. The van der Waals surface area contributed by atoms with Crippen LogP contribution >= 0.6 is 27.3 Å². The molecule has 0 spiro atoms. The monoisotopic (exact) mass is 316 g/mol. The van der Waals surface area contributed by atoms with E-state index in [2.05, 4.69) is 46.9 Å². The average molecular weight is 317 g/mol. The molecular formula is C13H21BrN2S. The van der Waals surface area contributed by atoms with Crippen LogP contribution in [0.2, 0.25) is 0 Å². The Morgan fingerprint density at radius 2 is 2.24 bits per heavy atom. The van der Waals surface area contributed by atoms with E-state index in [0.29, 0.717) is 6.04 Å². The number of halogens is 1. The Labute approximate surface area is 116 Å². The molecule has 2 atom stereocenters. The van der Waals surface area contributed by atoms with Crippen molar-refractivity contribution in [3.63, 3.8) is 0 Å². The van der Waals surface area contributed by atoms with Crippen LogP contribution < -0.4 is 5.73 Å². The summed E-state index contributed by atoms with van der Waals surface area (Å²) in [5.41, 5.74) is 6.31. The van der Waals surface area contributed by atoms with Crippen molar-refractivity contribution in [1.29, 1.82) is 0 Å². The van der Waals surface area contributed by atoms with E-state index < -0.39 is 0 Å². The first kappa shape index (κ1) is 13.5. The van der Waals surface area contributed by atoms with Crippen LogP contribution in [0.25, 0.3) is 0 Å². The first-order valence-electron chi connectivity index (χ1n) is 6.32. The first-order valence-corrected chi connectivity index (χ1v) is 7.93. The fourth-order valence-electron chi connectivity index (χ4n) is 2.29. The first-order chi connectivity index (χ1) is 8.11. The molecule has 1 heterocycles. The Kier molecular flexibility index (Phi) is 4.64. The molecule has 96 valence electrons. The number of nitrogens with zero attached hydrogens (tertiary/aromatic N) is 1. The molecule has 1 aliphatic carbocycles. The third kappa shape index (κ3) is 3.53. The molecule has 0 aliphatic heterocycles. The minimum absolute atomic E-state index is 0.226. The van der Waals surface area contributed by atoms with Crippen molar-refractivity contribution < 1.29 is 0 Å². The van der Waals surface area contributed by atoms with Crippen molar-refractivity contribution in [3.05, 3.63) is 20.8 Å². The Bertz CT molecular complexity index is 362. The Hall–Kier alpha value is 0.1000. The number of hydrogen-bond acceptors (Lipinski definition) is 3. The van der Waals surface area contributed by atoms with Gasteiger partial charge in [-0.15, -0.1) is 11.3 Å². The number of nitrogens with two attached hydrogens (primary N) is 1. The van der Waals surface area contributed by atoms with Crippen molar-refractivity contribution in [2.45, 2.75) is 38.3 Å². The molecule has 2 N–H and O–H groups in total. The molecule has 4 heteroatoms. The Balaban J connectivity index is 2.11. The largest absolute Gasteiger partial charge is 0.326 e. The smallest absolute Gasteiger partial charge is 0.0702 e. The fourth-order valence-corrected chi connectivity index (χ4v) is 3.95. The molecule has 2 nitrogen and oxygen atoms in total. The van der Waals surface area contributed by atoms with Gasteiger partial charge in [0.05, 0.1) is 9.83 Å². The highest BCUT2D eigenvalue weighted by molar-refractivity contribution is 9.11. The minimum atomic E-state index is 0.226. The fraction of sp³-hybridized carbons (Fsp3) is 0.692. The van der Waals surface area contributed by atoms with Crippen molar-refractivity contribution >= 4 is 27.3 Å². The van der Waals surface area contributed by atoms with E-state index >= 15 is 0 Å². The van der Waals surface area contributed by atoms with Crippen LogP contribution in [0.5, 0.6) is 0 Å². The lowest BCUT2D eigenvalue weighted by Crippen LogP contribution is -2.39. The second kappa shape index (κ2) is 5.83. The van der Waals surface area contributed by atoms with Gasteiger partial charge in [-0.1, -0.05) is 6.92 Å². The summed E-state index contributed by atoms with van der Waals surface area (Å²) in [6.45, 7) is 3.36. The van der Waals surface area contributed by atoms with Gasteiger partial charge in [0.15, 0.2) is 0 Å². The minimum Gasteiger partial charge on any atom is -0.326 e. The van der Waals surface area contributed by atoms with Crippen LogP contribution in [-0.2, 0) is 0 Å². The second-order valence-corrected chi connectivity index (χ2v) is 7.54. The van der Waals surface area contributed by atoms with Crippen molar-refractivity contribution in [2.24, 2.45) is 11.7 Å². The van der Waals surface area contributed by atoms with E-state index in [-0.39, 0.29) is 6.04 Å². The van der Waals surface area contributed by atoms with Crippen molar-refractivity contribution in [1.82, 2.24) is 4.90 Å². The highest BCUT2D eigenvalue weighted by Crippen LogP contribution is 2.36. The van der Waals surface area contributed by atoms with Gasteiger partial charge < -0.3 is 5.73 Å². The van der Waals surface area contributed by atoms with Gasteiger partial charge in [0.2, 0.25) is 0 Å². The van der Waals surface area contributed by atoms with E-state index in [1.54, 1.807) is 0 Å². The number of likely N-dealkylation sites (N-methyl/N-ethyl adjacent to an activating group) is 1. The van der Waals surface area contributed by atoms with Crippen LogP contribution in [0.4, 0.5) is 0 Å². The second-order valence-electron chi connectivity index (χ2n) is 5.04. The molecule has 0 aromatic carbocycles. The standard InChI is InChI=1S/C13H21BrN2S/c1-3-10(15)13(11-6-7-12(14)17-11)16(2)8-9-4-5-9/h6-7,9-10,13H,3-5,8,15H2,1-2H3. The summed E-state index contributed by atoms with van der Waals surface area (Å²) in [6, 6.07) is 4.93. The van der Waals surface area contributed by atoms with E-state index in [9.17, 15) is 0 Å². The van der Waals surface area contributed by atoms with Crippen LogP contribution in [0.1, 0.15) is 37.1 Å². The number of hydrogen-bond donors (Lipinski definition) is 1. The van der Waals surface area contributed by atoms with E-state index in [1.165, 1.54) is 28.0 Å². The van der Waals surface area contributed by atoms with Gasteiger partial charge in [-0.05, 0) is 60.3 Å². The van der Waals surface area contributed by atoms with E-state index in [1.807, 2.05) is 11.3 Å². The third-order valence-corrected chi connectivity index (χ3v) is 5.17. The molecular weight excluding hydrogens is 296 g/mol. The molecule has 0 amide bonds. The van der Waals surface area contributed by atoms with E-state index in [4.69, 9.17) is 5.73 Å². The summed E-state index contributed by atoms with van der Waals surface area (Å²) in [5, 5.41) is 0. The molecule has 2 unspecified atom stereocenters. The summed E-state index contributed by atoms with van der Waals surface area (Å²) in [5.74, 6) is 0.912. The van der Waals surface area contributed by atoms with Crippen LogP contribution in [0.3, 0.4) is 0 Å². The quantitative estimate of drug-likeness (QED) is 0.868. The normalized spacial score (nSPS) is 19.6. The maximum atomic E-state index is 6.31. The molecule has 0 bridgehead atoms. The van der Waals surface area contributed by atoms with Gasteiger partial charge in [-0.25, -0.2) is 0 Å². The summed E-state index contributed by atoms with van der Waals surface area (Å²) < 4.78 is 1.20. The predicted octanol–water partition coefficient (Wildman–Crippen LogP) is 3.63. The lowest BCUT2D eigenvalue weighted by atomic mass is 10.0. The van der Waals surface area contributed by atoms with Gasteiger partial charge in [0.1, 0.15) is 0 Å². The zero-order valence-corrected chi connectivity index (χ0v) is 12.9. The SMILES string of the molecule is CCC(N)C(c1ccc(Br)s1)N(C)CC1CC1. The molecule has 0 saturated heterocycles. The highest BCUT2D eigenvalue weighted by Gasteiger charge is 2.29. The lowest BCUT2D eigenvalue weighted by molar-refractivity contribution is 0.205. The zero-order chi connectivity index (χ0) is 12.4. The molecule has 1 aromatic heterocycles. The van der Waals surface area contributed by atoms with Crippen LogP contribution in [-0.4, -0.2) is 24.5 Å². The summed E-state index contributed by atoms with van der Waals surface area (Å²) >= 11 is 5.35. The summed E-state index contributed by atoms with van der Waals surface area (Å²) in [6.07, 6.45) is 3.81. The third-order valence-electron chi connectivity index (χ3n) is 3.48. The maximum absolute atomic E-state index is 6.31. The molecule has 1 fully saturated rings. The molecule has 17 heavy (non-hydrogen) atoms. The molecule has 2 rings (SSSR count). The zero-order valence-electron chi connectivity index (χ0n) is 10.5. The Morgan fingerprint density at radius 3 is 2.71 bits per heavy atom. The van der Waals surface area contributed by atoms with Gasteiger partial charge in [-0.3, -0.25) is 4.90 Å². The van der Waals surface area contributed by atoms with Crippen LogP contribution in [0, 0.1) is 5.92 Å². The number of thiophene rings is 1. The topological polar surface area (TPSA) is 29.3 Å². The highest BCUT2D eigenvalue weighted by atomic mass is 79.9. The maximum Gasteiger partial charge on any atom is 0.0702 e. The number of rotatable bonds is 6. The van der Waals surface area contributed by atoms with Crippen LogP contribution in [0.15, 0.2) is 15.9 Å². The predicted molar refractivity (Wildman–Crippen MR) is 78.4 cm³/mol. The van der Waals surface area contributed by atoms with Gasteiger partial charge in [0, 0.05) is 17.5 Å². The molecule has 1 aromatic rings. The van der Waals surface area contributed by atoms with Crippen molar-refractivity contribution in [2.75, 3.05) is 13.6 Å². The average Bonchev–Trinajstić information content (AvgIpc) is 3.00. The van der Waals surface area contributed by atoms with Gasteiger partial charge in [0.25, 0.3) is 0 Å².